The van der Waals surface area contributed by atoms with E-state index in [9.17, 15) is 0 Å². The van der Waals surface area contributed by atoms with Crippen molar-refractivity contribution >= 4 is 0 Å². The Morgan fingerprint density at radius 3 is 0.611 bits per heavy atom. The molecule has 0 heterocycles. The summed E-state index contributed by atoms with van der Waals surface area (Å²) < 4.78 is 0. The number of hydrogen-bond donors (Lipinski definition) is 0. The van der Waals surface area contributed by atoms with E-state index in [1.165, 1.54) is 75.0 Å². The van der Waals surface area contributed by atoms with Crippen LogP contribution in [0.1, 0.15) is 84.5 Å². The quantitative estimate of drug-likeness (QED) is 0.527. The minimum atomic E-state index is 0. The summed E-state index contributed by atoms with van der Waals surface area (Å²) in [6.07, 6.45) is 18.4. The van der Waals surface area contributed by atoms with E-state index in [2.05, 4.69) is 0 Å². The third-order valence-corrected chi connectivity index (χ3v) is 5.87. The molecule has 0 aromatic heterocycles. The second-order valence-corrected chi connectivity index (χ2v) is 6.64. The summed E-state index contributed by atoms with van der Waals surface area (Å²) in [5.74, 6) is 4.98. The first-order valence-electron chi connectivity index (χ1n) is 7.97. The minimum Gasteiger partial charge on any atom is -0.0776 e. The molecule has 5 rings (SSSR count). The third-order valence-electron chi connectivity index (χ3n) is 5.87. The zero-order chi connectivity index (χ0) is 10.8. The molecule has 0 N–H and O–H groups in total. The van der Waals surface area contributed by atoms with Crippen LogP contribution in [0.4, 0.5) is 0 Å². The average molecular weight is 287 g/mol. The SMILES string of the molecule is C.C1CC2C1C1CCC21.C1CCC1.C1CCC1.[V]. The normalized spacial score (nSPS) is 40.0. The van der Waals surface area contributed by atoms with Gasteiger partial charge in [0.25, 0.3) is 0 Å². The Bertz CT molecular complexity index is 162. The molecule has 0 spiro atoms. The molecular weight excluding hydrogens is 255 g/mol. The van der Waals surface area contributed by atoms with Gasteiger partial charge in [-0.25, -0.2) is 0 Å². The van der Waals surface area contributed by atoms with Gasteiger partial charge in [-0.2, -0.15) is 0 Å². The van der Waals surface area contributed by atoms with Crippen LogP contribution in [0.2, 0.25) is 0 Å². The Morgan fingerprint density at radius 1 is 0.389 bits per heavy atom. The second kappa shape index (κ2) is 8.00. The van der Waals surface area contributed by atoms with E-state index < -0.39 is 0 Å². The van der Waals surface area contributed by atoms with Gasteiger partial charge in [0.1, 0.15) is 0 Å². The van der Waals surface area contributed by atoms with Crippen LogP contribution in [0, 0.1) is 23.7 Å². The summed E-state index contributed by atoms with van der Waals surface area (Å²) >= 11 is 0. The fourth-order valence-electron chi connectivity index (χ4n) is 3.58. The number of rotatable bonds is 0. The Labute approximate surface area is 127 Å². The zero-order valence-electron chi connectivity index (χ0n) is 11.2. The van der Waals surface area contributed by atoms with E-state index in [0.29, 0.717) is 0 Å². The maximum absolute atomic E-state index is 1.59. The van der Waals surface area contributed by atoms with Gasteiger partial charge in [-0.1, -0.05) is 58.8 Å². The first kappa shape index (κ1) is 16.6. The fraction of sp³-hybridized carbons (Fsp3) is 1.00. The van der Waals surface area contributed by atoms with Crippen molar-refractivity contribution in [3.8, 4) is 0 Å². The van der Waals surface area contributed by atoms with Crippen molar-refractivity contribution in [1.82, 2.24) is 0 Å². The van der Waals surface area contributed by atoms with Gasteiger partial charge in [-0.15, -0.1) is 0 Å². The predicted octanol–water partition coefficient (Wildman–Crippen LogP) is 5.81. The van der Waals surface area contributed by atoms with Gasteiger partial charge in [0.05, 0.1) is 0 Å². The molecule has 0 bridgehead atoms. The van der Waals surface area contributed by atoms with Gasteiger partial charge in [0.15, 0.2) is 0 Å². The van der Waals surface area contributed by atoms with Crippen LogP contribution in [0.5, 0.6) is 0 Å². The van der Waals surface area contributed by atoms with Crippen LogP contribution >= 0.6 is 0 Å². The largest absolute Gasteiger partial charge is 0.0776 e. The summed E-state index contributed by atoms with van der Waals surface area (Å²) in [5, 5.41) is 0. The van der Waals surface area contributed by atoms with Gasteiger partial charge in [0.2, 0.25) is 0 Å². The molecule has 5 aliphatic carbocycles. The fourth-order valence-corrected chi connectivity index (χ4v) is 3.58. The summed E-state index contributed by atoms with van der Waals surface area (Å²) in [6, 6.07) is 0. The third kappa shape index (κ3) is 3.37. The van der Waals surface area contributed by atoms with Crippen molar-refractivity contribution < 1.29 is 18.6 Å². The molecule has 0 atom stereocenters. The standard InChI is InChI=1S/C8H12.2C4H8.CH4.V/c1-2-6-5(1)7-3-4-8(6)7;2*1-2-4-3-1;;/h5-8H,1-4H2;2*1-4H2;1H4;. The number of hydrogen-bond acceptors (Lipinski definition) is 0. The smallest absolute Gasteiger partial charge is 0 e. The van der Waals surface area contributed by atoms with E-state index in [-0.39, 0.29) is 26.0 Å². The van der Waals surface area contributed by atoms with Crippen molar-refractivity contribution in [3.05, 3.63) is 0 Å². The molecular formula is C17H32V. The summed E-state index contributed by atoms with van der Waals surface area (Å²) in [5.41, 5.74) is 0. The molecule has 5 saturated carbocycles. The summed E-state index contributed by atoms with van der Waals surface area (Å²) in [6.45, 7) is 0. The van der Waals surface area contributed by atoms with Crippen LogP contribution < -0.4 is 0 Å². The van der Waals surface area contributed by atoms with Crippen LogP contribution in [0.15, 0.2) is 0 Å². The van der Waals surface area contributed by atoms with E-state index >= 15 is 0 Å². The van der Waals surface area contributed by atoms with Gasteiger partial charge in [0, 0.05) is 18.6 Å². The number of fused-ring (bicyclic) bond motifs is 4. The molecule has 105 valence electrons. The molecule has 5 fully saturated rings. The predicted molar refractivity (Wildman–Crippen MR) is 76.1 cm³/mol. The van der Waals surface area contributed by atoms with Crippen molar-refractivity contribution in [2.45, 2.75) is 84.5 Å². The monoisotopic (exact) mass is 287 g/mol. The second-order valence-electron chi connectivity index (χ2n) is 6.64. The van der Waals surface area contributed by atoms with Gasteiger partial charge in [-0.05, 0) is 49.4 Å². The van der Waals surface area contributed by atoms with Gasteiger partial charge in [-0.3, -0.25) is 0 Å². The van der Waals surface area contributed by atoms with E-state index in [0.717, 1.165) is 0 Å². The zero-order valence-corrected chi connectivity index (χ0v) is 12.6. The molecule has 1 heteroatoms. The molecule has 0 aromatic carbocycles. The van der Waals surface area contributed by atoms with Crippen LogP contribution in [-0.4, -0.2) is 0 Å². The Kier molecular flexibility index (Phi) is 7.40. The van der Waals surface area contributed by atoms with Gasteiger partial charge >= 0.3 is 0 Å². The van der Waals surface area contributed by atoms with Crippen molar-refractivity contribution in [2.24, 2.45) is 23.7 Å². The topological polar surface area (TPSA) is 0 Å². The molecule has 0 amide bonds. The maximum atomic E-state index is 1.59. The van der Waals surface area contributed by atoms with Crippen molar-refractivity contribution in [1.29, 1.82) is 0 Å². The maximum Gasteiger partial charge on any atom is 0 e. The molecule has 0 unspecified atom stereocenters. The first-order valence-corrected chi connectivity index (χ1v) is 7.97. The summed E-state index contributed by atoms with van der Waals surface area (Å²) in [4.78, 5) is 0. The Morgan fingerprint density at radius 2 is 0.556 bits per heavy atom. The Hall–Kier alpha value is 0.584. The minimum absolute atomic E-state index is 0. The molecule has 5 aliphatic rings. The van der Waals surface area contributed by atoms with Crippen LogP contribution in [0.25, 0.3) is 0 Å². The summed E-state index contributed by atoms with van der Waals surface area (Å²) in [7, 11) is 0. The molecule has 0 saturated heterocycles. The van der Waals surface area contributed by atoms with Crippen molar-refractivity contribution in [2.75, 3.05) is 0 Å². The average Bonchev–Trinajstić information content (AvgIpc) is 2.00. The van der Waals surface area contributed by atoms with E-state index in [4.69, 9.17) is 0 Å². The molecule has 1 radical (unpaired) electrons. The molecule has 18 heavy (non-hydrogen) atoms. The van der Waals surface area contributed by atoms with Crippen LogP contribution in [0.3, 0.4) is 0 Å². The Balaban J connectivity index is 0.000000141. The molecule has 0 aliphatic heterocycles. The molecule has 0 nitrogen and oxygen atoms in total. The van der Waals surface area contributed by atoms with E-state index in [1.54, 1.807) is 25.7 Å². The van der Waals surface area contributed by atoms with Crippen LogP contribution in [-0.2, 0) is 18.6 Å². The van der Waals surface area contributed by atoms with Gasteiger partial charge < -0.3 is 0 Å². The van der Waals surface area contributed by atoms with Crippen molar-refractivity contribution in [3.63, 3.8) is 0 Å². The first-order chi connectivity index (χ1) is 7.97. The molecule has 0 aromatic rings. The van der Waals surface area contributed by atoms with E-state index in [1.807, 2.05) is 0 Å².